The maximum Gasteiger partial charge on any atom is 0.118 e. The van der Waals surface area contributed by atoms with E-state index in [1.807, 2.05) is 0 Å². The predicted molar refractivity (Wildman–Crippen MR) is 125 cm³/mol. The molecular weight excluding hydrogens is 370 g/mol. The molecule has 1 saturated heterocycles. The van der Waals surface area contributed by atoms with Crippen molar-refractivity contribution in [3.8, 4) is 5.69 Å². The van der Waals surface area contributed by atoms with E-state index in [0.29, 0.717) is 0 Å². The Kier molecular flexibility index (Phi) is 4.04. The molecule has 0 bridgehead atoms. The maximum absolute atomic E-state index is 3.55. The molecule has 1 fully saturated rings. The number of rotatable bonds is 3. The molecule has 0 amide bonds. The lowest BCUT2D eigenvalue weighted by Crippen LogP contribution is -2.46. The fourth-order valence-electron chi connectivity index (χ4n) is 4.61. The van der Waals surface area contributed by atoms with Crippen LogP contribution in [0.2, 0.25) is 0 Å². The fourth-order valence-corrected chi connectivity index (χ4v) is 4.61. The normalized spacial score (nSPS) is 16.0. The molecule has 5 heteroatoms. The van der Waals surface area contributed by atoms with Gasteiger partial charge in [0.1, 0.15) is 5.82 Å². The summed E-state index contributed by atoms with van der Waals surface area (Å²) in [6.45, 7) is 4.23. The van der Waals surface area contributed by atoms with Gasteiger partial charge in [0.25, 0.3) is 0 Å². The summed E-state index contributed by atoms with van der Waals surface area (Å²) in [4.78, 5) is 5.89. The van der Waals surface area contributed by atoms with Gasteiger partial charge in [-0.1, -0.05) is 36.4 Å². The Morgan fingerprint density at radius 1 is 0.767 bits per heavy atom. The summed E-state index contributed by atoms with van der Waals surface area (Å²) < 4.78 is 2.37. The highest BCUT2D eigenvalue weighted by Crippen LogP contribution is 2.33. The van der Waals surface area contributed by atoms with Crippen LogP contribution in [-0.2, 0) is 0 Å². The zero-order chi connectivity index (χ0) is 20.1. The number of benzene rings is 3. The van der Waals surface area contributed by atoms with Crippen molar-refractivity contribution in [1.82, 2.24) is 19.5 Å². The van der Waals surface area contributed by atoms with E-state index in [2.05, 4.69) is 105 Å². The number of aromatic amines is 1. The number of hydrogen-bond acceptors (Lipinski definition) is 3. The van der Waals surface area contributed by atoms with E-state index < -0.39 is 0 Å². The Morgan fingerprint density at radius 2 is 1.43 bits per heavy atom. The van der Waals surface area contributed by atoms with Crippen molar-refractivity contribution in [2.24, 2.45) is 0 Å². The van der Waals surface area contributed by atoms with Crippen LogP contribution in [0.3, 0.4) is 0 Å². The number of likely N-dealkylation sites (N-methyl/N-ethyl adjacent to an activating group) is 1. The van der Waals surface area contributed by atoms with Crippen molar-refractivity contribution in [2.75, 3.05) is 38.7 Å². The highest BCUT2D eigenvalue weighted by Gasteiger charge is 2.15. The predicted octanol–water partition coefficient (Wildman–Crippen LogP) is 4.84. The first kappa shape index (κ1) is 17.6. The molecule has 2 N–H and O–H groups in total. The summed E-state index contributed by atoms with van der Waals surface area (Å²) in [5.41, 5.74) is 8.36. The molecule has 1 aliphatic heterocycles. The summed E-state index contributed by atoms with van der Waals surface area (Å²) in [6, 6.07) is 26.2. The lowest BCUT2D eigenvalue weighted by molar-refractivity contribution is 0.178. The van der Waals surface area contributed by atoms with E-state index >= 15 is 0 Å². The molecule has 3 aromatic carbocycles. The molecule has 0 unspecified atom stereocenters. The van der Waals surface area contributed by atoms with Gasteiger partial charge in [0.05, 0.1) is 11.0 Å². The molecule has 150 valence electrons. The van der Waals surface area contributed by atoms with Gasteiger partial charge in [-0.2, -0.15) is 0 Å². The third kappa shape index (κ3) is 2.86. The largest absolute Gasteiger partial charge is 0.341 e. The third-order valence-corrected chi connectivity index (χ3v) is 6.22. The zero-order valence-corrected chi connectivity index (χ0v) is 17.1. The topological polar surface area (TPSA) is 39.2 Å². The molecule has 0 saturated carbocycles. The number of piperazine rings is 1. The monoisotopic (exact) mass is 395 g/mol. The van der Waals surface area contributed by atoms with Crippen molar-refractivity contribution in [3.63, 3.8) is 0 Å². The Hall–Kier alpha value is -3.28. The number of aromatic nitrogens is 2. The van der Waals surface area contributed by atoms with Crippen molar-refractivity contribution < 1.29 is 0 Å². The molecule has 5 nitrogen and oxygen atoms in total. The van der Waals surface area contributed by atoms with Crippen LogP contribution in [0.25, 0.3) is 38.4 Å². The second kappa shape index (κ2) is 6.90. The molecule has 0 aliphatic carbocycles. The van der Waals surface area contributed by atoms with Gasteiger partial charge in [0.15, 0.2) is 0 Å². The van der Waals surface area contributed by atoms with Gasteiger partial charge in [-0.15, -0.1) is 0 Å². The first-order valence-electron chi connectivity index (χ1n) is 10.6. The van der Waals surface area contributed by atoms with Gasteiger partial charge < -0.3 is 19.9 Å². The maximum atomic E-state index is 3.55. The second-order valence-electron chi connectivity index (χ2n) is 8.23. The zero-order valence-electron chi connectivity index (χ0n) is 17.1. The Balaban J connectivity index is 1.42. The van der Waals surface area contributed by atoms with Gasteiger partial charge in [0, 0.05) is 53.5 Å². The second-order valence-corrected chi connectivity index (χ2v) is 8.23. The Labute approximate surface area is 175 Å². The van der Waals surface area contributed by atoms with Crippen molar-refractivity contribution in [3.05, 3.63) is 72.8 Å². The lowest BCUT2D eigenvalue weighted by atomic mass is 10.2. The molecule has 0 radical (unpaired) electrons. The van der Waals surface area contributed by atoms with E-state index in [0.717, 1.165) is 37.5 Å². The van der Waals surface area contributed by atoms with E-state index in [-0.39, 0.29) is 0 Å². The number of fused-ring (bicyclic) bond motifs is 4. The smallest absolute Gasteiger partial charge is 0.118 e. The SMILES string of the molecule is CN1CCN(Nc2cc3cc(-n4c5ccccc5c5ccccc54)ccc3[nH]2)CC1. The highest BCUT2D eigenvalue weighted by molar-refractivity contribution is 6.09. The average molecular weight is 396 g/mol. The van der Waals surface area contributed by atoms with E-state index in [1.54, 1.807) is 0 Å². The minimum atomic E-state index is 1.03. The van der Waals surface area contributed by atoms with E-state index in [1.165, 1.54) is 32.9 Å². The summed E-state index contributed by atoms with van der Waals surface area (Å²) >= 11 is 0. The molecule has 3 heterocycles. The van der Waals surface area contributed by atoms with Gasteiger partial charge in [-0.25, -0.2) is 5.01 Å². The molecule has 6 rings (SSSR count). The lowest BCUT2D eigenvalue weighted by Gasteiger charge is -2.32. The number of para-hydroxylation sites is 2. The van der Waals surface area contributed by atoms with E-state index in [4.69, 9.17) is 0 Å². The first-order valence-corrected chi connectivity index (χ1v) is 10.6. The molecular formula is C25H25N5. The third-order valence-electron chi connectivity index (χ3n) is 6.22. The molecule has 30 heavy (non-hydrogen) atoms. The van der Waals surface area contributed by atoms with Crippen molar-refractivity contribution in [1.29, 1.82) is 0 Å². The molecule has 0 atom stereocenters. The summed E-state index contributed by atoms with van der Waals surface area (Å²) in [7, 11) is 2.18. The van der Waals surface area contributed by atoms with Crippen LogP contribution >= 0.6 is 0 Å². The number of nitrogens with zero attached hydrogens (tertiary/aromatic N) is 3. The van der Waals surface area contributed by atoms with Crippen molar-refractivity contribution in [2.45, 2.75) is 0 Å². The number of hydrogen-bond donors (Lipinski definition) is 2. The molecule has 1 aliphatic rings. The quantitative estimate of drug-likeness (QED) is 0.459. The average Bonchev–Trinajstić information content (AvgIpc) is 3.33. The molecule has 5 aromatic rings. The molecule has 2 aromatic heterocycles. The summed E-state index contributed by atoms with van der Waals surface area (Å²) in [6.07, 6.45) is 0. The number of hydrazine groups is 1. The minimum Gasteiger partial charge on any atom is -0.341 e. The number of nitrogens with one attached hydrogen (secondary N) is 2. The van der Waals surface area contributed by atoms with Crippen molar-refractivity contribution >= 4 is 38.5 Å². The van der Waals surface area contributed by atoms with Gasteiger partial charge >= 0.3 is 0 Å². The standard InChI is InChI=1S/C25H25N5/c1-28-12-14-29(15-13-28)27-25-17-18-16-19(10-11-22(18)26-25)30-23-8-4-2-6-20(23)21-7-3-5-9-24(21)30/h2-11,16-17,26-27H,12-15H2,1H3. The molecule has 0 spiro atoms. The van der Waals surface area contributed by atoms with Gasteiger partial charge in [-0.05, 0) is 43.4 Å². The first-order chi connectivity index (χ1) is 14.8. The Morgan fingerprint density at radius 3 is 2.13 bits per heavy atom. The van der Waals surface area contributed by atoms with Gasteiger partial charge in [-0.3, -0.25) is 0 Å². The van der Waals surface area contributed by atoms with Crippen LogP contribution in [0.15, 0.2) is 72.8 Å². The van der Waals surface area contributed by atoms with Crippen LogP contribution in [0, 0.1) is 0 Å². The fraction of sp³-hybridized carbons (Fsp3) is 0.200. The Bertz CT molecular complexity index is 1300. The minimum absolute atomic E-state index is 1.03. The number of anilines is 1. The summed E-state index contributed by atoms with van der Waals surface area (Å²) in [5.74, 6) is 1.05. The van der Waals surface area contributed by atoms with Crippen LogP contribution in [0.4, 0.5) is 5.82 Å². The van der Waals surface area contributed by atoms with Crippen LogP contribution in [0.1, 0.15) is 0 Å². The van der Waals surface area contributed by atoms with Gasteiger partial charge in [0.2, 0.25) is 0 Å². The summed E-state index contributed by atoms with van der Waals surface area (Å²) in [5, 5.41) is 6.09. The highest BCUT2D eigenvalue weighted by atomic mass is 15.5. The van der Waals surface area contributed by atoms with Crippen LogP contribution < -0.4 is 5.43 Å². The van der Waals surface area contributed by atoms with E-state index in [9.17, 15) is 0 Å². The van der Waals surface area contributed by atoms with Crippen LogP contribution in [-0.4, -0.2) is 52.7 Å². The van der Waals surface area contributed by atoms with Crippen LogP contribution in [0.5, 0.6) is 0 Å². The number of H-pyrrole nitrogens is 1.